The van der Waals surface area contributed by atoms with E-state index in [-0.39, 0.29) is 0 Å². The number of benzene rings is 1. The molecular weight excluding hydrogens is 434 g/mol. The van der Waals surface area contributed by atoms with Gasteiger partial charge in [0.1, 0.15) is 0 Å². The third kappa shape index (κ3) is 4.10. The Hall–Kier alpha value is -2.59. The lowest BCUT2D eigenvalue weighted by Crippen LogP contribution is -2.45. The van der Waals surface area contributed by atoms with Crippen LogP contribution in [0.2, 0.25) is 0 Å². The molecule has 0 spiro atoms. The molecule has 172 valence electrons. The van der Waals surface area contributed by atoms with Crippen molar-refractivity contribution in [2.75, 3.05) is 63.9 Å². The molecule has 6 rings (SSSR count). The number of fused-ring (bicyclic) bond motifs is 2. The normalized spacial score (nSPS) is 18.5. The Morgan fingerprint density at radius 2 is 1.85 bits per heavy atom. The standard InChI is InChI=1S/C24H29N7OS/c1-2-29-6-8-30(9-7-29)16-17-14-21-22(33-17)24(31-10-12-32-13-11-31)27-23(26-21)18-4-3-5-20-19(18)15-25-28-20/h3-5,14-15H,2,6-13,16H2,1H3,(H,25,28). The topological polar surface area (TPSA) is 73.4 Å². The zero-order valence-corrected chi connectivity index (χ0v) is 19.8. The molecule has 0 aliphatic carbocycles. The van der Waals surface area contributed by atoms with E-state index >= 15 is 0 Å². The van der Waals surface area contributed by atoms with Crippen LogP contribution in [-0.4, -0.2) is 89.0 Å². The van der Waals surface area contributed by atoms with Gasteiger partial charge in [-0.2, -0.15) is 5.10 Å². The minimum atomic E-state index is 0.734. The molecule has 33 heavy (non-hydrogen) atoms. The van der Waals surface area contributed by atoms with Crippen LogP contribution in [0.3, 0.4) is 0 Å². The van der Waals surface area contributed by atoms with Crippen LogP contribution in [0.5, 0.6) is 0 Å². The average Bonchev–Trinajstić information content (AvgIpc) is 3.51. The molecule has 8 nitrogen and oxygen atoms in total. The summed E-state index contributed by atoms with van der Waals surface area (Å²) >= 11 is 1.85. The smallest absolute Gasteiger partial charge is 0.162 e. The minimum absolute atomic E-state index is 0.734. The monoisotopic (exact) mass is 463 g/mol. The Balaban J connectivity index is 1.39. The number of likely N-dealkylation sites (N-methyl/N-ethyl adjacent to an activating group) is 1. The second-order valence-corrected chi connectivity index (χ2v) is 9.88. The van der Waals surface area contributed by atoms with E-state index in [2.05, 4.69) is 44.0 Å². The van der Waals surface area contributed by atoms with Crippen LogP contribution < -0.4 is 4.90 Å². The van der Waals surface area contributed by atoms with Gasteiger partial charge in [-0.1, -0.05) is 19.1 Å². The van der Waals surface area contributed by atoms with Gasteiger partial charge in [0, 0.05) is 61.6 Å². The van der Waals surface area contributed by atoms with Crippen molar-refractivity contribution in [3.63, 3.8) is 0 Å². The predicted molar refractivity (Wildman–Crippen MR) is 133 cm³/mol. The lowest BCUT2D eigenvalue weighted by atomic mass is 10.1. The van der Waals surface area contributed by atoms with E-state index in [1.807, 2.05) is 29.7 Å². The number of aromatic amines is 1. The Morgan fingerprint density at radius 1 is 1.03 bits per heavy atom. The SMILES string of the molecule is CCN1CCN(Cc2cc3nc(-c4cccc5[nH]ncc45)nc(N4CCOCC4)c3s2)CC1. The number of rotatable bonds is 5. The molecule has 4 aromatic rings. The highest BCUT2D eigenvalue weighted by Crippen LogP contribution is 2.36. The fourth-order valence-corrected chi connectivity index (χ4v) is 5.95. The molecular formula is C24H29N7OS. The van der Waals surface area contributed by atoms with E-state index in [1.54, 1.807) is 0 Å². The van der Waals surface area contributed by atoms with E-state index in [0.717, 1.165) is 99.2 Å². The van der Waals surface area contributed by atoms with Gasteiger partial charge in [0.05, 0.1) is 35.1 Å². The molecule has 0 bridgehead atoms. The first-order valence-corrected chi connectivity index (χ1v) is 12.6. The molecule has 0 radical (unpaired) electrons. The average molecular weight is 464 g/mol. The summed E-state index contributed by atoms with van der Waals surface area (Å²) in [5.74, 6) is 1.79. The Kier molecular flexibility index (Phi) is 5.71. The number of nitrogens with zero attached hydrogens (tertiary/aromatic N) is 6. The number of thiophene rings is 1. The molecule has 1 aromatic carbocycles. The highest BCUT2D eigenvalue weighted by molar-refractivity contribution is 7.19. The van der Waals surface area contributed by atoms with Gasteiger partial charge < -0.3 is 14.5 Å². The van der Waals surface area contributed by atoms with Crippen molar-refractivity contribution in [3.8, 4) is 11.4 Å². The van der Waals surface area contributed by atoms with Gasteiger partial charge in [-0.3, -0.25) is 10.00 Å². The van der Waals surface area contributed by atoms with Crippen LogP contribution in [0.15, 0.2) is 30.5 Å². The number of anilines is 1. The van der Waals surface area contributed by atoms with Gasteiger partial charge in [0.15, 0.2) is 11.6 Å². The second kappa shape index (κ2) is 8.98. The summed E-state index contributed by atoms with van der Waals surface area (Å²) in [6, 6.07) is 8.43. The van der Waals surface area contributed by atoms with Crippen LogP contribution in [0.1, 0.15) is 11.8 Å². The molecule has 0 saturated carbocycles. The maximum Gasteiger partial charge on any atom is 0.162 e. The van der Waals surface area contributed by atoms with Gasteiger partial charge in [0.2, 0.25) is 0 Å². The summed E-state index contributed by atoms with van der Waals surface area (Å²) < 4.78 is 6.80. The first-order chi connectivity index (χ1) is 16.3. The van der Waals surface area contributed by atoms with Gasteiger partial charge in [0.25, 0.3) is 0 Å². The van der Waals surface area contributed by atoms with Gasteiger partial charge in [-0.15, -0.1) is 11.3 Å². The molecule has 1 N–H and O–H groups in total. The largest absolute Gasteiger partial charge is 0.378 e. The maximum absolute atomic E-state index is 5.61. The number of hydrogen-bond acceptors (Lipinski definition) is 8. The maximum atomic E-state index is 5.61. The van der Waals surface area contributed by atoms with Crippen molar-refractivity contribution in [2.24, 2.45) is 0 Å². The van der Waals surface area contributed by atoms with Gasteiger partial charge in [-0.05, 0) is 18.7 Å². The number of ether oxygens (including phenoxy) is 1. The van der Waals surface area contributed by atoms with Gasteiger partial charge >= 0.3 is 0 Å². The first kappa shape index (κ1) is 21.0. The lowest BCUT2D eigenvalue weighted by molar-refractivity contribution is 0.122. The number of hydrogen-bond donors (Lipinski definition) is 1. The van der Waals surface area contributed by atoms with Crippen molar-refractivity contribution in [2.45, 2.75) is 13.5 Å². The van der Waals surface area contributed by atoms with Gasteiger partial charge in [-0.25, -0.2) is 9.97 Å². The molecule has 5 heterocycles. The zero-order valence-electron chi connectivity index (χ0n) is 19.0. The third-order valence-electron chi connectivity index (χ3n) is 6.73. The minimum Gasteiger partial charge on any atom is -0.378 e. The fourth-order valence-electron chi connectivity index (χ4n) is 4.80. The van der Waals surface area contributed by atoms with Crippen LogP contribution >= 0.6 is 11.3 Å². The molecule has 2 saturated heterocycles. The van der Waals surface area contributed by atoms with Crippen molar-refractivity contribution < 1.29 is 4.74 Å². The number of nitrogens with one attached hydrogen (secondary N) is 1. The molecule has 9 heteroatoms. The van der Waals surface area contributed by atoms with Crippen LogP contribution in [0, 0.1) is 0 Å². The molecule has 0 unspecified atom stereocenters. The quantitative estimate of drug-likeness (QED) is 0.487. The van der Waals surface area contributed by atoms with E-state index in [4.69, 9.17) is 14.7 Å². The van der Waals surface area contributed by atoms with Crippen LogP contribution in [-0.2, 0) is 11.3 Å². The zero-order chi connectivity index (χ0) is 22.2. The summed E-state index contributed by atoms with van der Waals surface area (Å²) in [6.45, 7) is 12.1. The Labute approximate surface area is 197 Å². The van der Waals surface area contributed by atoms with Crippen molar-refractivity contribution >= 4 is 38.3 Å². The second-order valence-electron chi connectivity index (χ2n) is 8.74. The number of morpholine rings is 1. The highest BCUT2D eigenvalue weighted by atomic mass is 32.1. The Bertz CT molecular complexity index is 1250. The molecule has 0 amide bonds. The summed E-state index contributed by atoms with van der Waals surface area (Å²) in [5, 5.41) is 8.34. The number of aromatic nitrogens is 4. The molecule has 0 atom stereocenters. The van der Waals surface area contributed by atoms with E-state index in [1.165, 1.54) is 9.58 Å². The van der Waals surface area contributed by atoms with E-state index in [0.29, 0.717) is 0 Å². The van der Waals surface area contributed by atoms with Crippen LogP contribution in [0.4, 0.5) is 5.82 Å². The fraction of sp³-hybridized carbons (Fsp3) is 0.458. The third-order valence-corrected chi connectivity index (χ3v) is 7.84. The first-order valence-electron chi connectivity index (χ1n) is 11.8. The molecule has 2 aliphatic heterocycles. The molecule has 3 aromatic heterocycles. The highest BCUT2D eigenvalue weighted by Gasteiger charge is 2.22. The summed E-state index contributed by atoms with van der Waals surface area (Å²) in [6.07, 6.45) is 1.86. The molecule has 2 aliphatic rings. The molecule has 2 fully saturated rings. The summed E-state index contributed by atoms with van der Waals surface area (Å²) in [7, 11) is 0. The van der Waals surface area contributed by atoms with Crippen molar-refractivity contribution in [1.29, 1.82) is 0 Å². The van der Waals surface area contributed by atoms with E-state index < -0.39 is 0 Å². The number of piperazine rings is 1. The number of H-pyrrole nitrogens is 1. The summed E-state index contributed by atoms with van der Waals surface area (Å²) in [4.78, 5) is 19.0. The van der Waals surface area contributed by atoms with Crippen molar-refractivity contribution in [1.82, 2.24) is 30.0 Å². The predicted octanol–water partition coefficient (Wildman–Crippen LogP) is 3.21. The van der Waals surface area contributed by atoms with Crippen molar-refractivity contribution in [3.05, 3.63) is 35.3 Å². The Morgan fingerprint density at radius 3 is 2.67 bits per heavy atom. The van der Waals surface area contributed by atoms with Crippen LogP contribution in [0.25, 0.3) is 32.5 Å². The summed E-state index contributed by atoms with van der Waals surface area (Å²) in [5.41, 5.74) is 3.05. The van der Waals surface area contributed by atoms with E-state index in [9.17, 15) is 0 Å². The lowest BCUT2D eigenvalue weighted by Gasteiger charge is -2.33.